The Kier molecular flexibility index (Phi) is 3.18. The van der Waals surface area contributed by atoms with Crippen molar-refractivity contribution in [1.29, 1.82) is 0 Å². The smallest absolute Gasteiger partial charge is 0.274 e. The molecule has 0 radical (unpaired) electrons. The van der Waals surface area contributed by atoms with E-state index in [-0.39, 0.29) is 5.91 Å². The normalized spacial score (nSPS) is 10.2. The first-order valence-corrected chi connectivity index (χ1v) is 5.38. The lowest BCUT2D eigenvalue weighted by Gasteiger charge is -2.04. The van der Waals surface area contributed by atoms with Crippen molar-refractivity contribution in [2.24, 2.45) is 0 Å². The van der Waals surface area contributed by atoms with E-state index in [0.29, 0.717) is 17.9 Å². The molecule has 0 spiro atoms. The molecule has 0 unspecified atom stereocenters. The number of aromatic nitrogens is 3. The van der Waals surface area contributed by atoms with Gasteiger partial charge in [-0.1, -0.05) is 29.8 Å². The molecule has 0 saturated carbocycles. The summed E-state index contributed by atoms with van der Waals surface area (Å²) in [6.07, 6.45) is 0. The lowest BCUT2D eigenvalue weighted by Crippen LogP contribution is -2.24. The van der Waals surface area contributed by atoms with Gasteiger partial charge in [-0.15, -0.1) is 0 Å². The van der Waals surface area contributed by atoms with E-state index in [1.807, 2.05) is 31.2 Å². The number of nitrogens with zero attached hydrogens (tertiary/aromatic N) is 2. The van der Waals surface area contributed by atoms with E-state index in [1.165, 1.54) is 5.56 Å². The average Bonchev–Trinajstić information content (AvgIpc) is 2.72. The Labute approximate surface area is 99.2 Å². The Balaban J connectivity index is 1.99. The fourth-order valence-corrected chi connectivity index (χ4v) is 1.59. The first-order chi connectivity index (χ1) is 8.16. The lowest BCUT2D eigenvalue weighted by atomic mass is 10.1. The molecule has 1 aromatic carbocycles. The minimum Gasteiger partial charge on any atom is -0.347 e. The van der Waals surface area contributed by atoms with Gasteiger partial charge in [-0.2, -0.15) is 15.4 Å². The van der Waals surface area contributed by atoms with Crippen molar-refractivity contribution in [3.63, 3.8) is 0 Å². The number of amides is 1. The summed E-state index contributed by atoms with van der Waals surface area (Å²) in [6.45, 7) is 4.25. The van der Waals surface area contributed by atoms with Crippen LogP contribution in [0.1, 0.15) is 27.3 Å². The monoisotopic (exact) mass is 230 g/mol. The van der Waals surface area contributed by atoms with Crippen LogP contribution < -0.4 is 5.32 Å². The lowest BCUT2D eigenvalue weighted by molar-refractivity contribution is 0.0945. The van der Waals surface area contributed by atoms with E-state index >= 15 is 0 Å². The van der Waals surface area contributed by atoms with Gasteiger partial charge in [0.05, 0.1) is 5.69 Å². The molecule has 5 nitrogen and oxygen atoms in total. The van der Waals surface area contributed by atoms with E-state index in [1.54, 1.807) is 6.92 Å². The Bertz CT molecular complexity index is 533. The van der Waals surface area contributed by atoms with Crippen LogP contribution >= 0.6 is 0 Å². The van der Waals surface area contributed by atoms with Crippen molar-refractivity contribution in [1.82, 2.24) is 20.7 Å². The molecule has 0 bridgehead atoms. The second kappa shape index (κ2) is 4.78. The number of aryl methyl sites for hydroxylation is 2. The van der Waals surface area contributed by atoms with Crippen molar-refractivity contribution >= 4 is 5.91 Å². The molecule has 0 saturated heterocycles. The molecule has 1 heterocycles. The minimum atomic E-state index is -0.210. The Morgan fingerprint density at radius 1 is 1.35 bits per heavy atom. The zero-order valence-electron chi connectivity index (χ0n) is 9.82. The molecule has 2 aromatic rings. The van der Waals surface area contributed by atoms with Crippen molar-refractivity contribution in [3.8, 4) is 0 Å². The highest BCUT2D eigenvalue weighted by Gasteiger charge is 2.12. The molecule has 2 rings (SSSR count). The average molecular weight is 230 g/mol. The maximum absolute atomic E-state index is 11.8. The fraction of sp³-hybridized carbons (Fsp3) is 0.250. The minimum absolute atomic E-state index is 0.210. The number of carbonyl (C=O) groups is 1. The van der Waals surface area contributed by atoms with Crippen molar-refractivity contribution in [2.75, 3.05) is 0 Å². The SMILES string of the molecule is Cc1cccc(CNC(=O)c2n[nH]nc2C)c1. The van der Waals surface area contributed by atoms with E-state index in [0.717, 1.165) is 5.56 Å². The predicted molar refractivity (Wildman–Crippen MR) is 63.5 cm³/mol. The summed E-state index contributed by atoms with van der Waals surface area (Å²) in [4.78, 5) is 11.8. The van der Waals surface area contributed by atoms with Gasteiger partial charge in [-0.25, -0.2) is 0 Å². The molecular formula is C12H14N4O. The number of hydrogen-bond acceptors (Lipinski definition) is 3. The molecule has 0 aliphatic heterocycles. The van der Waals surface area contributed by atoms with E-state index in [4.69, 9.17) is 0 Å². The molecule has 1 amide bonds. The Morgan fingerprint density at radius 3 is 2.82 bits per heavy atom. The summed E-state index contributed by atoms with van der Waals surface area (Å²) >= 11 is 0. The Hall–Kier alpha value is -2.17. The number of benzene rings is 1. The van der Waals surface area contributed by atoms with Gasteiger partial charge >= 0.3 is 0 Å². The molecule has 88 valence electrons. The van der Waals surface area contributed by atoms with Crippen LogP contribution in [0.5, 0.6) is 0 Å². The summed E-state index contributed by atoms with van der Waals surface area (Å²) in [5.74, 6) is -0.210. The van der Waals surface area contributed by atoms with Crippen LogP contribution in [0.25, 0.3) is 0 Å². The molecule has 0 aliphatic rings. The van der Waals surface area contributed by atoms with E-state index < -0.39 is 0 Å². The first kappa shape index (κ1) is 11.3. The summed E-state index contributed by atoms with van der Waals surface area (Å²) in [5.41, 5.74) is 3.19. The summed E-state index contributed by atoms with van der Waals surface area (Å²) in [6, 6.07) is 8.00. The third-order valence-corrected chi connectivity index (χ3v) is 2.47. The number of nitrogens with one attached hydrogen (secondary N) is 2. The number of rotatable bonds is 3. The highest BCUT2D eigenvalue weighted by molar-refractivity contribution is 5.92. The van der Waals surface area contributed by atoms with Gasteiger partial charge in [0.1, 0.15) is 0 Å². The topological polar surface area (TPSA) is 70.7 Å². The van der Waals surface area contributed by atoms with Gasteiger partial charge in [0.25, 0.3) is 5.91 Å². The van der Waals surface area contributed by atoms with Crippen LogP contribution in [0, 0.1) is 13.8 Å². The van der Waals surface area contributed by atoms with E-state index in [2.05, 4.69) is 20.7 Å². The molecule has 2 N–H and O–H groups in total. The van der Waals surface area contributed by atoms with Crippen LogP contribution in [0.15, 0.2) is 24.3 Å². The van der Waals surface area contributed by atoms with Crippen molar-refractivity contribution in [3.05, 3.63) is 46.8 Å². The summed E-state index contributed by atoms with van der Waals surface area (Å²) in [7, 11) is 0. The second-order valence-corrected chi connectivity index (χ2v) is 3.93. The zero-order chi connectivity index (χ0) is 12.3. The number of aromatic amines is 1. The van der Waals surface area contributed by atoms with Crippen molar-refractivity contribution < 1.29 is 4.79 Å². The van der Waals surface area contributed by atoms with Crippen LogP contribution in [0.4, 0.5) is 0 Å². The highest BCUT2D eigenvalue weighted by Crippen LogP contribution is 2.04. The maximum atomic E-state index is 11.8. The molecule has 5 heteroatoms. The predicted octanol–water partition coefficient (Wildman–Crippen LogP) is 1.35. The molecule has 0 aliphatic carbocycles. The second-order valence-electron chi connectivity index (χ2n) is 3.93. The molecule has 0 atom stereocenters. The summed E-state index contributed by atoms with van der Waals surface area (Å²) in [5, 5.41) is 12.8. The first-order valence-electron chi connectivity index (χ1n) is 5.38. The van der Waals surface area contributed by atoms with Gasteiger partial charge < -0.3 is 5.32 Å². The quantitative estimate of drug-likeness (QED) is 0.836. The van der Waals surface area contributed by atoms with E-state index in [9.17, 15) is 4.79 Å². The van der Waals surface area contributed by atoms with Crippen LogP contribution in [-0.4, -0.2) is 21.3 Å². The van der Waals surface area contributed by atoms with Gasteiger partial charge in [0.2, 0.25) is 0 Å². The molecule has 17 heavy (non-hydrogen) atoms. The number of H-pyrrole nitrogens is 1. The third-order valence-electron chi connectivity index (χ3n) is 2.47. The molecular weight excluding hydrogens is 216 g/mol. The van der Waals surface area contributed by atoms with Gasteiger partial charge in [0.15, 0.2) is 5.69 Å². The van der Waals surface area contributed by atoms with Gasteiger partial charge in [0, 0.05) is 6.54 Å². The maximum Gasteiger partial charge on any atom is 0.274 e. The highest BCUT2D eigenvalue weighted by atomic mass is 16.2. The zero-order valence-corrected chi connectivity index (χ0v) is 9.82. The summed E-state index contributed by atoms with van der Waals surface area (Å²) < 4.78 is 0. The molecule has 0 fully saturated rings. The van der Waals surface area contributed by atoms with Gasteiger partial charge in [-0.3, -0.25) is 4.79 Å². The van der Waals surface area contributed by atoms with Crippen molar-refractivity contribution in [2.45, 2.75) is 20.4 Å². The fourth-order valence-electron chi connectivity index (χ4n) is 1.59. The van der Waals surface area contributed by atoms with Gasteiger partial charge in [-0.05, 0) is 19.4 Å². The molecule has 1 aromatic heterocycles. The van der Waals surface area contributed by atoms with Crippen LogP contribution in [0.3, 0.4) is 0 Å². The largest absolute Gasteiger partial charge is 0.347 e. The standard InChI is InChI=1S/C12H14N4O/c1-8-4-3-5-10(6-8)7-13-12(17)11-9(2)14-16-15-11/h3-6H,7H2,1-2H3,(H,13,17)(H,14,15,16). The number of hydrogen-bond donors (Lipinski definition) is 2. The number of carbonyl (C=O) groups excluding carboxylic acids is 1. The Morgan fingerprint density at radius 2 is 2.18 bits per heavy atom. The van der Waals surface area contributed by atoms with Crippen LogP contribution in [-0.2, 0) is 6.54 Å². The van der Waals surface area contributed by atoms with Crippen LogP contribution in [0.2, 0.25) is 0 Å². The third kappa shape index (κ3) is 2.69.